The molecule has 0 bridgehead atoms. The van der Waals surface area contributed by atoms with Crippen molar-refractivity contribution in [3.8, 4) is 0 Å². The van der Waals surface area contributed by atoms with Crippen molar-refractivity contribution in [2.24, 2.45) is 0 Å². The number of aryl methyl sites for hydroxylation is 1. The molecule has 0 aliphatic carbocycles. The zero-order valence-electron chi connectivity index (χ0n) is 10.6. The van der Waals surface area contributed by atoms with Crippen LogP contribution >= 0.6 is 11.8 Å². The topological polar surface area (TPSA) is 38.3 Å². The Morgan fingerprint density at radius 2 is 2.22 bits per heavy atom. The van der Waals surface area contributed by atoms with Gasteiger partial charge in [0.15, 0.2) is 0 Å². The van der Waals surface area contributed by atoms with Gasteiger partial charge in [0.1, 0.15) is 0 Å². The first kappa shape index (κ1) is 13.4. The summed E-state index contributed by atoms with van der Waals surface area (Å²) in [5.74, 6) is 0.548. The number of ether oxygens (including phenoxy) is 1. The van der Waals surface area contributed by atoms with E-state index in [1.54, 1.807) is 11.8 Å². The van der Waals surface area contributed by atoms with Crippen LogP contribution in [0.3, 0.4) is 0 Å². The van der Waals surface area contributed by atoms with Gasteiger partial charge in [0, 0.05) is 18.0 Å². The van der Waals surface area contributed by atoms with Crippen LogP contribution in [0.2, 0.25) is 0 Å². The first-order chi connectivity index (χ1) is 8.74. The van der Waals surface area contributed by atoms with E-state index in [0.717, 1.165) is 24.3 Å². The molecule has 3 nitrogen and oxygen atoms in total. The first-order valence-electron chi connectivity index (χ1n) is 6.32. The van der Waals surface area contributed by atoms with E-state index >= 15 is 0 Å². The quantitative estimate of drug-likeness (QED) is 0.831. The minimum absolute atomic E-state index is 0.0797. The SMILES string of the molecule is Cc1ccc(SCC(=O)NC[C@H]2CCCO2)cc1. The van der Waals surface area contributed by atoms with Gasteiger partial charge < -0.3 is 10.1 Å². The van der Waals surface area contributed by atoms with Gasteiger partial charge in [-0.05, 0) is 31.9 Å². The zero-order valence-corrected chi connectivity index (χ0v) is 11.5. The zero-order chi connectivity index (χ0) is 12.8. The minimum Gasteiger partial charge on any atom is -0.376 e. The second-order valence-electron chi connectivity index (χ2n) is 4.54. The highest BCUT2D eigenvalue weighted by Crippen LogP contribution is 2.18. The molecule has 4 heteroatoms. The molecule has 1 fully saturated rings. The fraction of sp³-hybridized carbons (Fsp3) is 0.500. The van der Waals surface area contributed by atoms with Gasteiger partial charge >= 0.3 is 0 Å². The summed E-state index contributed by atoms with van der Waals surface area (Å²) in [6, 6.07) is 8.22. The van der Waals surface area contributed by atoms with Gasteiger partial charge in [-0.2, -0.15) is 0 Å². The average molecular weight is 265 g/mol. The van der Waals surface area contributed by atoms with Gasteiger partial charge in [-0.15, -0.1) is 11.8 Å². The monoisotopic (exact) mass is 265 g/mol. The third-order valence-corrected chi connectivity index (χ3v) is 3.95. The summed E-state index contributed by atoms with van der Waals surface area (Å²) in [5, 5.41) is 2.92. The summed E-state index contributed by atoms with van der Waals surface area (Å²) in [6.45, 7) is 3.54. The highest BCUT2D eigenvalue weighted by molar-refractivity contribution is 8.00. The van der Waals surface area contributed by atoms with Crippen molar-refractivity contribution in [2.45, 2.75) is 30.8 Å². The summed E-state index contributed by atoms with van der Waals surface area (Å²) in [7, 11) is 0. The minimum atomic E-state index is 0.0797. The van der Waals surface area contributed by atoms with Crippen molar-refractivity contribution in [1.29, 1.82) is 0 Å². The first-order valence-corrected chi connectivity index (χ1v) is 7.30. The molecule has 1 aromatic rings. The number of benzene rings is 1. The van der Waals surface area contributed by atoms with Crippen LogP contribution in [0.5, 0.6) is 0 Å². The largest absolute Gasteiger partial charge is 0.376 e. The molecular formula is C14H19NO2S. The lowest BCUT2D eigenvalue weighted by atomic mass is 10.2. The molecule has 1 aromatic carbocycles. The lowest BCUT2D eigenvalue weighted by molar-refractivity contribution is -0.119. The van der Waals surface area contributed by atoms with Crippen molar-refractivity contribution in [2.75, 3.05) is 18.9 Å². The Balaban J connectivity index is 1.66. The molecule has 18 heavy (non-hydrogen) atoms. The van der Waals surface area contributed by atoms with Crippen molar-refractivity contribution >= 4 is 17.7 Å². The molecule has 1 aliphatic rings. The summed E-state index contributed by atoms with van der Waals surface area (Å²) in [4.78, 5) is 12.8. The maximum atomic E-state index is 11.7. The third kappa shape index (κ3) is 4.35. The van der Waals surface area contributed by atoms with Crippen LogP contribution in [0.15, 0.2) is 29.2 Å². The molecule has 1 heterocycles. The number of nitrogens with one attached hydrogen (secondary N) is 1. The predicted octanol–water partition coefficient (Wildman–Crippen LogP) is 2.38. The Kier molecular flexibility index (Phi) is 5.08. The van der Waals surface area contributed by atoms with Crippen LogP contribution in [0.4, 0.5) is 0 Å². The highest BCUT2D eigenvalue weighted by atomic mass is 32.2. The van der Waals surface area contributed by atoms with Gasteiger partial charge in [0.05, 0.1) is 11.9 Å². The molecule has 98 valence electrons. The van der Waals surface area contributed by atoms with Crippen molar-refractivity contribution in [3.63, 3.8) is 0 Å². The molecule has 1 aliphatic heterocycles. The number of amides is 1. The Bertz CT molecular complexity index is 385. The number of carbonyl (C=O) groups is 1. The second kappa shape index (κ2) is 6.81. The third-order valence-electron chi connectivity index (χ3n) is 2.94. The van der Waals surface area contributed by atoms with Crippen LogP contribution in [-0.2, 0) is 9.53 Å². The molecule has 0 unspecified atom stereocenters. The summed E-state index contributed by atoms with van der Waals surface area (Å²) in [6.07, 6.45) is 2.39. The van der Waals surface area contributed by atoms with Crippen LogP contribution in [0.1, 0.15) is 18.4 Å². The molecule has 0 spiro atoms. The fourth-order valence-corrected chi connectivity index (χ4v) is 2.60. The normalized spacial score (nSPS) is 18.8. The van der Waals surface area contributed by atoms with Crippen LogP contribution in [-0.4, -0.2) is 30.9 Å². The van der Waals surface area contributed by atoms with Gasteiger partial charge in [-0.25, -0.2) is 0 Å². The van der Waals surface area contributed by atoms with E-state index in [4.69, 9.17) is 4.74 Å². The van der Waals surface area contributed by atoms with E-state index in [1.165, 1.54) is 5.56 Å². The van der Waals surface area contributed by atoms with Crippen molar-refractivity contribution < 1.29 is 9.53 Å². The van der Waals surface area contributed by atoms with Crippen molar-refractivity contribution in [3.05, 3.63) is 29.8 Å². The maximum Gasteiger partial charge on any atom is 0.230 e. The van der Waals surface area contributed by atoms with E-state index in [-0.39, 0.29) is 12.0 Å². The molecular weight excluding hydrogens is 246 g/mol. The highest BCUT2D eigenvalue weighted by Gasteiger charge is 2.15. The molecule has 1 saturated heterocycles. The van der Waals surface area contributed by atoms with Gasteiger partial charge in [-0.1, -0.05) is 17.7 Å². The Morgan fingerprint density at radius 3 is 2.89 bits per heavy atom. The molecule has 0 aromatic heterocycles. The van der Waals surface area contributed by atoms with Crippen LogP contribution in [0.25, 0.3) is 0 Å². The van der Waals surface area contributed by atoms with Crippen molar-refractivity contribution in [1.82, 2.24) is 5.32 Å². The van der Waals surface area contributed by atoms with Crippen LogP contribution in [0, 0.1) is 6.92 Å². The van der Waals surface area contributed by atoms with E-state index in [9.17, 15) is 4.79 Å². The number of rotatable bonds is 5. The molecule has 0 radical (unpaired) electrons. The Morgan fingerprint density at radius 1 is 1.44 bits per heavy atom. The fourth-order valence-electron chi connectivity index (χ4n) is 1.87. The number of hydrogen-bond acceptors (Lipinski definition) is 3. The summed E-state index contributed by atoms with van der Waals surface area (Å²) in [5.41, 5.74) is 1.24. The summed E-state index contributed by atoms with van der Waals surface area (Å²) >= 11 is 1.57. The van der Waals surface area contributed by atoms with Crippen LogP contribution < -0.4 is 5.32 Å². The number of thioether (sulfide) groups is 1. The lowest BCUT2D eigenvalue weighted by Crippen LogP contribution is -2.32. The number of hydrogen-bond donors (Lipinski definition) is 1. The van der Waals surface area contributed by atoms with E-state index in [1.807, 2.05) is 12.1 Å². The Hall–Kier alpha value is -1.00. The second-order valence-corrected chi connectivity index (χ2v) is 5.59. The van der Waals surface area contributed by atoms with Gasteiger partial charge in [-0.3, -0.25) is 4.79 Å². The molecule has 0 saturated carbocycles. The summed E-state index contributed by atoms with van der Waals surface area (Å²) < 4.78 is 5.46. The van der Waals surface area contributed by atoms with Gasteiger partial charge in [0.25, 0.3) is 0 Å². The average Bonchev–Trinajstić information content (AvgIpc) is 2.89. The maximum absolute atomic E-state index is 11.7. The van der Waals surface area contributed by atoms with Gasteiger partial charge in [0.2, 0.25) is 5.91 Å². The smallest absolute Gasteiger partial charge is 0.230 e. The molecule has 2 rings (SSSR count). The molecule has 1 amide bonds. The lowest BCUT2D eigenvalue weighted by Gasteiger charge is -2.10. The molecule has 1 N–H and O–H groups in total. The standard InChI is InChI=1S/C14H19NO2S/c1-11-4-6-13(7-5-11)18-10-14(16)15-9-12-3-2-8-17-12/h4-7,12H,2-3,8-10H2,1H3,(H,15,16)/t12-/m1/s1. The number of carbonyl (C=O) groups excluding carboxylic acids is 1. The Labute approximate surface area is 112 Å². The van der Waals surface area contributed by atoms with E-state index in [0.29, 0.717) is 12.3 Å². The predicted molar refractivity (Wildman–Crippen MR) is 73.9 cm³/mol. The molecule has 1 atom stereocenters. The van der Waals surface area contributed by atoms with E-state index in [2.05, 4.69) is 24.4 Å². The van der Waals surface area contributed by atoms with E-state index < -0.39 is 0 Å².